The maximum absolute atomic E-state index is 12.8. The van der Waals surface area contributed by atoms with Gasteiger partial charge in [-0.2, -0.15) is 0 Å². The Morgan fingerprint density at radius 1 is 1.17 bits per heavy atom. The maximum Gasteiger partial charge on any atom is 0.334 e. The molecule has 1 aromatic heterocycles. The second-order valence-corrected chi connectivity index (χ2v) is 6.69. The largest absolute Gasteiger partial charge is 0.465 e. The van der Waals surface area contributed by atoms with Crippen LogP contribution in [0.1, 0.15) is 42.7 Å². The summed E-state index contributed by atoms with van der Waals surface area (Å²) in [4.78, 5) is 46.6. The van der Waals surface area contributed by atoms with Gasteiger partial charge in [-0.05, 0) is 26.3 Å². The molecule has 11 heteroatoms. The van der Waals surface area contributed by atoms with Crippen molar-refractivity contribution in [1.82, 2.24) is 5.16 Å². The van der Waals surface area contributed by atoms with Crippen molar-refractivity contribution in [2.24, 2.45) is 5.41 Å². The van der Waals surface area contributed by atoms with Crippen LogP contribution in [0.3, 0.4) is 0 Å². The molecule has 0 bridgehead atoms. The first kappa shape index (κ1) is 20.1. The van der Waals surface area contributed by atoms with Crippen LogP contribution in [0.2, 0.25) is 0 Å². The highest BCUT2D eigenvalue weighted by molar-refractivity contribution is 6.09. The smallest absolute Gasteiger partial charge is 0.334 e. The number of ketones is 1. The van der Waals surface area contributed by atoms with E-state index in [0.29, 0.717) is 5.56 Å². The van der Waals surface area contributed by atoms with Gasteiger partial charge in [0.25, 0.3) is 5.69 Å². The summed E-state index contributed by atoms with van der Waals surface area (Å²) in [6.45, 7) is 4.16. The summed E-state index contributed by atoms with van der Waals surface area (Å²) in [6.07, 6.45) is 0. The van der Waals surface area contributed by atoms with E-state index in [2.05, 4.69) is 5.16 Å². The van der Waals surface area contributed by atoms with E-state index in [1.807, 2.05) is 0 Å². The van der Waals surface area contributed by atoms with Gasteiger partial charge in [0.1, 0.15) is 11.2 Å². The third-order valence-electron chi connectivity index (χ3n) is 5.19. The van der Waals surface area contributed by atoms with Gasteiger partial charge in [0, 0.05) is 18.1 Å². The van der Waals surface area contributed by atoms with Crippen LogP contribution in [0.25, 0.3) is 0 Å². The SMILES string of the molecule is CCOC(=O)[C@@]1(C(C)=O)[C@H](c2ccc([N+](=O)[O-])cc2)[C@H]1c1onc(C)c1[N+](=O)[O-]. The second kappa shape index (κ2) is 7.08. The highest BCUT2D eigenvalue weighted by Gasteiger charge is 2.77. The van der Waals surface area contributed by atoms with Gasteiger partial charge >= 0.3 is 11.7 Å². The number of non-ortho nitro benzene ring substituents is 1. The molecule has 0 spiro atoms. The van der Waals surface area contributed by atoms with E-state index >= 15 is 0 Å². The number of nitrogens with zero attached hydrogens (tertiary/aromatic N) is 3. The molecule has 0 radical (unpaired) electrons. The van der Waals surface area contributed by atoms with Crippen molar-refractivity contribution in [3.63, 3.8) is 0 Å². The molecule has 1 aromatic carbocycles. The molecule has 0 saturated heterocycles. The van der Waals surface area contributed by atoms with Gasteiger partial charge in [-0.3, -0.25) is 29.8 Å². The van der Waals surface area contributed by atoms with Crippen LogP contribution in [0, 0.1) is 32.6 Å². The van der Waals surface area contributed by atoms with Crippen molar-refractivity contribution in [2.75, 3.05) is 6.61 Å². The quantitative estimate of drug-likeness (QED) is 0.293. The molecule has 152 valence electrons. The first-order valence-electron chi connectivity index (χ1n) is 8.71. The molecule has 11 nitrogen and oxygen atoms in total. The zero-order chi connectivity index (χ0) is 21.5. The lowest BCUT2D eigenvalue weighted by atomic mass is 9.94. The van der Waals surface area contributed by atoms with Crippen LogP contribution < -0.4 is 0 Å². The van der Waals surface area contributed by atoms with Crippen molar-refractivity contribution in [2.45, 2.75) is 32.6 Å². The Balaban J connectivity index is 2.18. The molecule has 0 amide bonds. The molecule has 0 N–H and O–H groups in total. The number of aryl methyl sites for hydroxylation is 1. The van der Waals surface area contributed by atoms with Crippen LogP contribution in [-0.2, 0) is 14.3 Å². The van der Waals surface area contributed by atoms with Gasteiger partial charge in [0.15, 0.2) is 5.69 Å². The van der Waals surface area contributed by atoms with Gasteiger partial charge < -0.3 is 9.26 Å². The van der Waals surface area contributed by atoms with E-state index in [1.165, 1.54) is 38.1 Å². The number of carbonyl (C=O) groups is 2. The summed E-state index contributed by atoms with van der Waals surface area (Å²) >= 11 is 0. The van der Waals surface area contributed by atoms with Gasteiger partial charge in [0.2, 0.25) is 5.76 Å². The van der Waals surface area contributed by atoms with E-state index in [9.17, 15) is 29.8 Å². The Labute approximate surface area is 163 Å². The zero-order valence-corrected chi connectivity index (χ0v) is 15.8. The second-order valence-electron chi connectivity index (χ2n) is 6.69. The molecule has 1 aliphatic carbocycles. The van der Waals surface area contributed by atoms with Crippen LogP contribution in [0.15, 0.2) is 28.8 Å². The van der Waals surface area contributed by atoms with E-state index in [1.54, 1.807) is 6.92 Å². The van der Waals surface area contributed by atoms with E-state index in [4.69, 9.17) is 9.26 Å². The number of hydrogen-bond acceptors (Lipinski definition) is 9. The van der Waals surface area contributed by atoms with E-state index < -0.39 is 44.5 Å². The summed E-state index contributed by atoms with van der Waals surface area (Å²) in [5, 5.41) is 26.0. The van der Waals surface area contributed by atoms with Crippen LogP contribution in [0.4, 0.5) is 11.4 Å². The molecular weight excluding hydrogens is 386 g/mol. The monoisotopic (exact) mass is 403 g/mol. The molecule has 1 aliphatic rings. The number of hydrogen-bond donors (Lipinski definition) is 0. The molecule has 2 aromatic rings. The number of rotatable bonds is 7. The average molecular weight is 403 g/mol. The number of nitro benzene ring substituents is 1. The highest BCUT2D eigenvalue weighted by atomic mass is 16.6. The van der Waals surface area contributed by atoms with Crippen molar-refractivity contribution in [3.05, 3.63) is 61.5 Å². The Kier molecular flexibility index (Phi) is 4.91. The third kappa shape index (κ3) is 2.94. The van der Waals surface area contributed by atoms with Crippen LogP contribution >= 0.6 is 0 Å². The minimum absolute atomic E-state index is 0.00505. The number of carbonyl (C=O) groups excluding carboxylic acids is 2. The summed E-state index contributed by atoms with van der Waals surface area (Å²) in [6, 6.07) is 5.30. The van der Waals surface area contributed by atoms with Crippen molar-refractivity contribution in [1.29, 1.82) is 0 Å². The first-order valence-corrected chi connectivity index (χ1v) is 8.71. The predicted molar refractivity (Wildman–Crippen MR) is 96.2 cm³/mol. The van der Waals surface area contributed by atoms with Crippen molar-refractivity contribution < 1.29 is 28.7 Å². The number of nitro groups is 2. The Hall–Kier alpha value is -3.63. The molecule has 1 fully saturated rings. The summed E-state index contributed by atoms with van der Waals surface area (Å²) in [5.41, 5.74) is -1.87. The molecule has 3 atom stereocenters. The standard InChI is InChI=1S/C18H17N3O8/c1-4-28-17(23)18(10(3)22)13(11-5-7-12(8-6-11)20(24)25)14(18)16-15(21(26)27)9(2)19-29-16/h5-8,13-14H,4H2,1-3H3/t13-,14+,18+/m1/s1. The zero-order valence-electron chi connectivity index (χ0n) is 15.8. The molecular formula is C18H17N3O8. The van der Waals surface area contributed by atoms with Crippen molar-refractivity contribution in [3.8, 4) is 0 Å². The maximum atomic E-state index is 12.8. The summed E-state index contributed by atoms with van der Waals surface area (Å²) < 4.78 is 10.3. The average Bonchev–Trinajstić information content (AvgIpc) is 3.22. The van der Waals surface area contributed by atoms with Gasteiger partial charge in [-0.15, -0.1) is 0 Å². The fourth-order valence-corrected chi connectivity index (χ4v) is 3.90. The van der Waals surface area contributed by atoms with Crippen LogP contribution in [0.5, 0.6) is 0 Å². The number of benzene rings is 1. The van der Waals surface area contributed by atoms with E-state index in [0.717, 1.165) is 0 Å². The minimum Gasteiger partial charge on any atom is -0.465 e. The lowest BCUT2D eigenvalue weighted by Crippen LogP contribution is -2.29. The van der Waals surface area contributed by atoms with E-state index in [-0.39, 0.29) is 23.7 Å². The number of aromatic nitrogens is 1. The normalized spacial score (nSPS) is 22.7. The fraction of sp³-hybridized carbons (Fsp3) is 0.389. The summed E-state index contributed by atoms with van der Waals surface area (Å²) in [5.74, 6) is -3.43. The fourth-order valence-electron chi connectivity index (χ4n) is 3.90. The van der Waals surface area contributed by atoms with Gasteiger partial charge in [0.05, 0.1) is 22.4 Å². The number of ether oxygens (including phenoxy) is 1. The Morgan fingerprint density at radius 2 is 1.79 bits per heavy atom. The molecule has 0 unspecified atom stereocenters. The molecule has 3 rings (SSSR count). The summed E-state index contributed by atoms with van der Waals surface area (Å²) in [7, 11) is 0. The van der Waals surface area contributed by atoms with Gasteiger partial charge in [-0.1, -0.05) is 17.3 Å². The molecule has 1 heterocycles. The number of Topliss-reactive ketones (excluding diaryl/α,β-unsaturated/α-hetero) is 1. The molecule has 0 aliphatic heterocycles. The lowest BCUT2D eigenvalue weighted by molar-refractivity contribution is -0.386. The molecule has 1 saturated carbocycles. The topological polar surface area (TPSA) is 156 Å². The Bertz CT molecular complexity index is 1010. The lowest BCUT2D eigenvalue weighted by Gasteiger charge is -2.13. The minimum atomic E-state index is -1.73. The third-order valence-corrected chi connectivity index (χ3v) is 5.19. The number of esters is 1. The molecule has 29 heavy (non-hydrogen) atoms. The van der Waals surface area contributed by atoms with Gasteiger partial charge in [-0.25, -0.2) is 0 Å². The Morgan fingerprint density at radius 3 is 2.28 bits per heavy atom. The van der Waals surface area contributed by atoms with Crippen LogP contribution in [-0.4, -0.2) is 33.4 Å². The highest BCUT2D eigenvalue weighted by Crippen LogP contribution is 2.72. The first-order chi connectivity index (χ1) is 13.7. The predicted octanol–water partition coefficient (Wildman–Crippen LogP) is 2.82. The van der Waals surface area contributed by atoms with Crippen molar-refractivity contribution >= 4 is 23.1 Å².